The highest BCUT2D eigenvalue weighted by Gasteiger charge is 2.32. The van der Waals surface area contributed by atoms with E-state index in [-0.39, 0.29) is 17.8 Å². The van der Waals surface area contributed by atoms with Crippen molar-refractivity contribution in [3.8, 4) is 0 Å². The molecule has 2 atom stereocenters. The largest absolute Gasteiger partial charge is 0.481 e. The number of nitrogens with zero attached hydrogens (tertiary/aromatic N) is 2. The van der Waals surface area contributed by atoms with Crippen molar-refractivity contribution >= 4 is 11.9 Å². The van der Waals surface area contributed by atoms with Crippen molar-refractivity contribution in [1.29, 1.82) is 0 Å². The Morgan fingerprint density at radius 1 is 1.57 bits per heavy atom. The number of carbonyl (C=O) groups is 1. The summed E-state index contributed by atoms with van der Waals surface area (Å²) in [6.45, 7) is 0. The van der Waals surface area contributed by atoms with Gasteiger partial charge in [-0.25, -0.2) is 0 Å². The maximum absolute atomic E-state index is 10.7. The van der Waals surface area contributed by atoms with E-state index in [2.05, 4.69) is 15.2 Å². The Bertz CT molecular complexity index is 349. The second-order valence-electron chi connectivity index (χ2n) is 3.62. The molecule has 0 radical (unpaired) electrons. The topological polar surface area (TPSA) is 105 Å². The molecule has 1 aromatic rings. The van der Waals surface area contributed by atoms with Crippen molar-refractivity contribution in [3.63, 3.8) is 0 Å². The predicted molar refractivity (Wildman–Crippen MR) is 48.5 cm³/mol. The van der Waals surface area contributed by atoms with Gasteiger partial charge in [-0.1, -0.05) is 0 Å². The van der Waals surface area contributed by atoms with Crippen molar-refractivity contribution < 1.29 is 9.90 Å². The van der Waals surface area contributed by atoms with Crippen LogP contribution in [0, 0.1) is 5.92 Å². The molecule has 2 unspecified atom stereocenters. The number of aromatic amines is 1. The predicted octanol–water partition coefficient (Wildman–Crippen LogP) is 0.355. The summed E-state index contributed by atoms with van der Waals surface area (Å²) in [4.78, 5) is 14.7. The number of aromatic nitrogens is 3. The molecule has 0 spiro atoms. The number of H-pyrrole nitrogens is 1. The van der Waals surface area contributed by atoms with Gasteiger partial charge in [0.2, 0.25) is 5.95 Å². The summed E-state index contributed by atoms with van der Waals surface area (Å²) in [5.41, 5.74) is 5.37. The Morgan fingerprint density at radius 2 is 2.36 bits per heavy atom. The van der Waals surface area contributed by atoms with Crippen LogP contribution < -0.4 is 5.73 Å². The molecule has 0 amide bonds. The third-order valence-corrected chi connectivity index (χ3v) is 2.69. The minimum Gasteiger partial charge on any atom is -0.481 e. The first kappa shape index (κ1) is 8.98. The monoisotopic (exact) mass is 196 g/mol. The molecule has 0 saturated heterocycles. The van der Waals surface area contributed by atoms with Gasteiger partial charge in [0.1, 0.15) is 5.82 Å². The van der Waals surface area contributed by atoms with E-state index in [0.29, 0.717) is 18.7 Å². The highest BCUT2D eigenvalue weighted by molar-refractivity contribution is 5.70. The summed E-state index contributed by atoms with van der Waals surface area (Å²) in [5, 5.41) is 15.3. The van der Waals surface area contributed by atoms with Gasteiger partial charge in [-0.05, 0) is 19.3 Å². The lowest BCUT2D eigenvalue weighted by molar-refractivity contribution is -0.141. The molecule has 0 aromatic carbocycles. The van der Waals surface area contributed by atoms with Crippen LogP contribution in [0.5, 0.6) is 0 Å². The lowest BCUT2D eigenvalue weighted by Crippen LogP contribution is -2.09. The number of carboxylic acids is 1. The Hall–Kier alpha value is -1.59. The van der Waals surface area contributed by atoms with Gasteiger partial charge in [0.05, 0.1) is 5.92 Å². The number of aliphatic carboxylic acids is 1. The van der Waals surface area contributed by atoms with Crippen molar-refractivity contribution in [1.82, 2.24) is 15.2 Å². The first-order valence-electron chi connectivity index (χ1n) is 4.57. The average Bonchev–Trinajstić information content (AvgIpc) is 2.70. The molecule has 76 valence electrons. The van der Waals surface area contributed by atoms with E-state index in [9.17, 15) is 4.79 Å². The van der Waals surface area contributed by atoms with E-state index in [1.54, 1.807) is 0 Å². The van der Waals surface area contributed by atoms with E-state index < -0.39 is 5.97 Å². The maximum Gasteiger partial charge on any atom is 0.306 e. The number of hydrogen-bond donors (Lipinski definition) is 3. The molecule has 6 nitrogen and oxygen atoms in total. The fourth-order valence-electron chi connectivity index (χ4n) is 1.92. The molecular weight excluding hydrogens is 184 g/mol. The second kappa shape index (κ2) is 3.28. The smallest absolute Gasteiger partial charge is 0.306 e. The first-order valence-corrected chi connectivity index (χ1v) is 4.57. The van der Waals surface area contributed by atoms with Crippen molar-refractivity contribution in [2.24, 2.45) is 5.92 Å². The molecule has 0 aliphatic heterocycles. The SMILES string of the molecule is Nc1n[nH]c(C2CCC(C(=O)O)C2)n1. The summed E-state index contributed by atoms with van der Waals surface area (Å²) < 4.78 is 0. The number of anilines is 1. The van der Waals surface area contributed by atoms with Crippen LogP contribution in [-0.4, -0.2) is 26.3 Å². The van der Waals surface area contributed by atoms with E-state index >= 15 is 0 Å². The number of carboxylic acid groups (broad SMARTS) is 1. The van der Waals surface area contributed by atoms with Gasteiger partial charge in [0.25, 0.3) is 0 Å². The Morgan fingerprint density at radius 3 is 2.86 bits per heavy atom. The van der Waals surface area contributed by atoms with E-state index in [1.165, 1.54) is 0 Å². The highest BCUT2D eigenvalue weighted by Crippen LogP contribution is 2.36. The second-order valence-corrected chi connectivity index (χ2v) is 3.62. The van der Waals surface area contributed by atoms with Crippen LogP contribution in [0.3, 0.4) is 0 Å². The van der Waals surface area contributed by atoms with Crippen molar-refractivity contribution in [3.05, 3.63) is 5.82 Å². The minimum atomic E-state index is -0.722. The zero-order chi connectivity index (χ0) is 10.1. The number of nitrogen functional groups attached to an aromatic ring is 1. The van der Waals surface area contributed by atoms with Gasteiger partial charge < -0.3 is 10.8 Å². The molecule has 2 rings (SSSR count). The Balaban J connectivity index is 2.05. The van der Waals surface area contributed by atoms with Gasteiger partial charge in [0, 0.05) is 5.92 Å². The zero-order valence-corrected chi connectivity index (χ0v) is 7.60. The molecule has 1 aliphatic carbocycles. The van der Waals surface area contributed by atoms with Crippen molar-refractivity contribution in [2.75, 3.05) is 5.73 Å². The highest BCUT2D eigenvalue weighted by atomic mass is 16.4. The maximum atomic E-state index is 10.7. The summed E-state index contributed by atoms with van der Waals surface area (Å²) in [7, 11) is 0. The minimum absolute atomic E-state index is 0.167. The average molecular weight is 196 g/mol. The van der Waals surface area contributed by atoms with Gasteiger partial charge in [-0.3, -0.25) is 9.89 Å². The molecule has 1 heterocycles. The summed E-state index contributed by atoms with van der Waals surface area (Å²) in [6.07, 6.45) is 2.18. The van der Waals surface area contributed by atoms with E-state index in [4.69, 9.17) is 10.8 Å². The molecule has 6 heteroatoms. The van der Waals surface area contributed by atoms with Crippen LogP contribution >= 0.6 is 0 Å². The molecule has 1 aromatic heterocycles. The molecular formula is C8H12N4O2. The van der Waals surface area contributed by atoms with Crippen LogP contribution in [0.25, 0.3) is 0 Å². The third kappa shape index (κ3) is 1.55. The van der Waals surface area contributed by atoms with Crippen LogP contribution in [0.2, 0.25) is 0 Å². The quantitative estimate of drug-likeness (QED) is 0.633. The van der Waals surface area contributed by atoms with E-state index in [0.717, 1.165) is 6.42 Å². The molecule has 0 bridgehead atoms. The lowest BCUT2D eigenvalue weighted by atomic mass is 10.1. The molecule has 1 saturated carbocycles. The van der Waals surface area contributed by atoms with Crippen molar-refractivity contribution in [2.45, 2.75) is 25.2 Å². The summed E-state index contributed by atoms with van der Waals surface area (Å²) >= 11 is 0. The molecule has 14 heavy (non-hydrogen) atoms. The fourth-order valence-corrected chi connectivity index (χ4v) is 1.92. The normalized spacial score (nSPS) is 26.6. The van der Waals surface area contributed by atoms with Crippen LogP contribution in [-0.2, 0) is 4.79 Å². The lowest BCUT2D eigenvalue weighted by Gasteiger charge is -2.03. The van der Waals surface area contributed by atoms with Crippen LogP contribution in [0.1, 0.15) is 31.0 Å². The molecule has 1 aliphatic rings. The number of nitrogens with one attached hydrogen (secondary N) is 1. The van der Waals surface area contributed by atoms with Gasteiger partial charge in [-0.2, -0.15) is 4.98 Å². The fraction of sp³-hybridized carbons (Fsp3) is 0.625. The van der Waals surface area contributed by atoms with E-state index in [1.807, 2.05) is 0 Å². The number of nitrogens with two attached hydrogens (primary N) is 1. The first-order chi connectivity index (χ1) is 6.66. The third-order valence-electron chi connectivity index (χ3n) is 2.69. The Kier molecular flexibility index (Phi) is 2.11. The van der Waals surface area contributed by atoms with Crippen LogP contribution in [0.15, 0.2) is 0 Å². The standard InChI is InChI=1S/C8H12N4O2/c9-8-10-6(11-12-8)4-1-2-5(3-4)7(13)14/h4-5H,1-3H2,(H,13,14)(H3,9,10,11,12). The van der Waals surface area contributed by atoms with Crippen LogP contribution in [0.4, 0.5) is 5.95 Å². The number of hydrogen-bond acceptors (Lipinski definition) is 4. The molecule has 1 fully saturated rings. The van der Waals surface area contributed by atoms with Gasteiger partial charge in [0.15, 0.2) is 0 Å². The number of rotatable bonds is 2. The zero-order valence-electron chi connectivity index (χ0n) is 7.60. The Labute approximate surface area is 80.5 Å². The molecule has 4 N–H and O–H groups in total. The van der Waals surface area contributed by atoms with Gasteiger partial charge >= 0.3 is 5.97 Å². The summed E-state index contributed by atoms with van der Waals surface area (Å²) in [6, 6.07) is 0. The summed E-state index contributed by atoms with van der Waals surface area (Å²) in [5.74, 6) is 0.136. The van der Waals surface area contributed by atoms with Gasteiger partial charge in [-0.15, -0.1) is 5.10 Å².